The van der Waals surface area contributed by atoms with E-state index in [4.69, 9.17) is 4.74 Å². The first-order valence-electron chi connectivity index (χ1n) is 7.69. The predicted octanol–water partition coefficient (Wildman–Crippen LogP) is 2.84. The van der Waals surface area contributed by atoms with Gasteiger partial charge in [0.1, 0.15) is 0 Å². The van der Waals surface area contributed by atoms with Crippen molar-refractivity contribution in [3.05, 3.63) is 35.9 Å². The van der Waals surface area contributed by atoms with Crippen molar-refractivity contribution in [1.82, 2.24) is 10.2 Å². The smallest absolute Gasteiger partial charge is 0.0600 e. The molecule has 3 nitrogen and oxygen atoms in total. The predicted molar refractivity (Wildman–Crippen MR) is 83.9 cm³/mol. The Labute approximate surface area is 123 Å². The summed E-state index contributed by atoms with van der Waals surface area (Å²) in [5.41, 5.74) is 1.35. The molecule has 0 saturated carbocycles. The molecule has 1 saturated heterocycles. The van der Waals surface area contributed by atoms with Gasteiger partial charge in [0.05, 0.1) is 12.2 Å². The maximum atomic E-state index is 5.85. The van der Waals surface area contributed by atoms with E-state index in [-0.39, 0.29) is 5.60 Å². The minimum absolute atomic E-state index is 0.0388. The second-order valence-electron chi connectivity index (χ2n) is 6.53. The first-order valence-corrected chi connectivity index (χ1v) is 7.69. The molecule has 0 spiro atoms. The van der Waals surface area contributed by atoms with Gasteiger partial charge in [0.15, 0.2) is 0 Å². The van der Waals surface area contributed by atoms with Crippen LogP contribution in [-0.4, -0.2) is 43.3 Å². The van der Waals surface area contributed by atoms with Gasteiger partial charge in [-0.3, -0.25) is 4.90 Å². The van der Waals surface area contributed by atoms with Crippen LogP contribution in [0.2, 0.25) is 0 Å². The lowest BCUT2D eigenvalue weighted by atomic mass is 10.1. The van der Waals surface area contributed by atoms with E-state index in [2.05, 4.69) is 61.3 Å². The molecule has 1 aromatic carbocycles. The van der Waals surface area contributed by atoms with Crippen LogP contribution < -0.4 is 5.32 Å². The first-order chi connectivity index (χ1) is 9.54. The second-order valence-corrected chi connectivity index (χ2v) is 6.53. The summed E-state index contributed by atoms with van der Waals surface area (Å²) in [5, 5.41) is 3.65. The minimum atomic E-state index is -0.0388. The van der Waals surface area contributed by atoms with Gasteiger partial charge in [-0.15, -0.1) is 0 Å². The second kappa shape index (κ2) is 7.21. The van der Waals surface area contributed by atoms with E-state index in [0.29, 0.717) is 6.04 Å². The molecule has 1 aliphatic heterocycles. The third kappa shape index (κ3) is 5.23. The molecule has 0 bridgehead atoms. The highest BCUT2D eigenvalue weighted by Crippen LogP contribution is 2.17. The van der Waals surface area contributed by atoms with Crippen molar-refractivity contribution in [2.75, 3.05) is 32.8 Å². The Kier molecular flexibility index (Phi) is 5.58. The van der Waals surface area contributed by atoms with Crippen LogP contribution in [0.25, 0.3) is 0 Å². The molecule has 0 aromatic heterocycles. The highest BCUT2D eigenvalue weighted by Gasteiger charge is 2.19. The zero-order chi connectivity index (χ0) is 14.4. The fourth-order valence-electron chi connectivity index (χ4n) is 2.59. The molecule has 1 unspecified atom stereocenters. The molecule has 20 heavy (non-hydrogen) atoms. The van der Waals surface area contributed by atoms with Crippen LogP contribution in [0.4, 0.5) is 0 Å². The highest BCUT2D eigenvalue weighted by molar-refractivity contribution is 5.19. The Balaban J connectivity index is 1.87. The van der Waals surface area contributed by atoms with Gasteiger partial charge in [0.25, 0.3) is 0 Å². The molecule has 1 heterocycles. The fourth-order valence-corrected chi connectivity index (χ4v) is 2.59. The Morgan fingerprint density at radius 1 is 1.25 bits per heavy atom. The number of ether oxygens (including phenoxy) is 1. The minimum Gasteiger partial charge on any atom is -0.375 e. The normalized spacial score (nSPS) is 21.6. The highest BCUT2D eigenvalue weighted by atomic mass is 16.5. The van der Waals surface area contributed by atoms with Crippen molar-refractivity contribution >= 4 is 0 Å². The molecule has 3 heteroatoms. The van der Waals surface area contributed by atoms with Gasteiger partial charge in [-0.05, 0) is 45.8 Å². The van der Waals surface area contributed by atoms with Gasteiger partial charge in [-0.1, -0.05) is 30.3 Å². The van der Waals surface area contributed by atoms with E-state index in [1.807, 2.05) is 0 Å². The summed E-state index contributed by atoms with van der Waals surface area (Å²) in [6.45, 7) is 11.5. The van der Waals surface area contributed by atoms with Gasteiger partial charge >= 0.3 is 0 Å². The van der Waals surface area contributed by atoms with Crippen LogP contribution in [0.1, 0.15) is 38.8 Å². The number of hydrogen-bond acceptors (Lipinski definition) is 3. The quantitative estimate of drug-likeness (QED) is 0.915. The lowest BCUT2D eigenvalue weighted by molar-refractivity contribution is -0.0131. The topological polar surface area (TPSA) is 24.5 Å². The van der Waals surface area contributed by atoms with Crippen molar-refractivity contribution in [3.8, 4) is 0 Å². The molecule has 1 fully saturated rings. The van der Waals surface area contributed by atoms with Crippen LogP contribution in [0.15, 0.2) is 30.3 Å². The molecule has 1 N–H and O–H groups in total. The third-order valence-electron chi connectivity index (χ3n) is 3.63. The van der Waals surface area contributed by atoms with E-state index in [1.54, 1.807) is 0 Å². The molecule has 2 rings (SSSR count). The van der Waals surface area contributed by atoms with E-state index in [1.165, 1.54) is 12.0 Å². The first kappa shape index (κ1) is 15.5. The van der Waals surface area contributed by atoms with Crippen molar-refractivity contribution in [3.63, 3.8) is 0 Å². The molecular weight excluding hydrogens is 248 g/mol. The van der Waals surface area contributed by atoms with Crippen molar-refractivity contribution in [1.29, 1.82) is 0 Å². The van der Waals surface area contributed by atoms with Crippen molar-refractivity contribution < 1.29 is 4.74 Å². The molecule has 1 aromatic rings. The Morgan fingerprint density at radius 2 is 2.00 bits per heavy atom. The van der Waals surface area contributed by atoms with E-state index < -0.39 is 0 Å². The van der Waals surface area contributed by atoms with Crippen molar-refractivity contribution in [2.24, 2.45) is 0 Å². The van der Waals surface area contributed by atoms with Gasteiger partial charge in [-0.2, -0.15) is 0 Å². The van der Waals surface area contributed by atoms with Gasteiger partial charge in [0, 0.05) is 19.1 Å². The monoisotopic (exact) mass is 276 g/mol. The average Bonchev–Trinajstić information content (AvgIpc) is 2.64. The summed E-state index contributed by atoms with van der Waals surface area (Å²) >= 11 is 0. The molecular formula is C17H28N2O. The lowest BCUT2D eigenvalue weighted by Crippen LogP contribution is -2.35. The Hall–Kier alpha value is -0.900. The van der Waals surface area contributed by atoms with E-state index in [0.717, 1.165) is 32.8 Å². The SMILES string of the molecule is CC(C)(C)OCCN1CCCNC(c2ccccc2)C1. The lowest BCUT2D eigenvalue weighted by Gasteiger charge is -2.26. The Bertz CT molecular complexity index is 386. The maximum absolute atomic E-state index is 5.85. The van der Waals surface area contributed by atoms with Crippen LogP contribution in [0.3, 0.4) is 0 Å². The maximum Gasteiger partial charge on any atom is 0.0600 e. The summed E-state index contributed by atoms with van der Waals surface area (Å²) in [6.07, 6.45) is 1.21. The van der Waals surface area contributed by atoms with Gasteiger partial charge in [-0.25, -0.2) is 0 Å². The van der Waals surface area contributed by atoms with Gasteiger partial charge in [0.2, 0.25) is 0 Å². The van der Waals surface area contributed by atoms with Crippen LogP contribution in [0.5, 0.6) is 0 Å². The van der Waals surface area contributed by atoms with Crippen molar-refractivity contribution in [2.45, 2.75) is 38.8 Å². The number of nitrogens with one attached hydrogen (secondary N) is 1. The zero-order valence-electron chi connectivity index (χ0n) is 13.1. The average molecular weight is 276 g/mol. The Morgan fingerprint density at radius 3 is 2.70 bits per heavy atom. The number of benzene rings is 1. The largest absolute Gasteiger partial charge is 0.375 e. The van der Waals surface area contributed by atoms with E-state index in [9.17, 15) is 0 Å². The summed E-state index contributed by atoms with van der Waals surface area (Å²) < 4.78 is 5.85. The molecule has 0 aliphatic carbocycles. The molecule has 0 radical (unpaired) electrons. The third-order valence-corrected chi connectivity index (χ3v) is 3.63. The number of nitrogens with zero attached hydrogens (tertiary/aromatic N) is 1. The van der Waals surface area contributed by atoms with Crippen LogP contribution in [0, 0.1) is 0 Å². The summed E-state index contributed by atoms with van der Waals surface area (Å²) in [6, 6.07) is 11.2. The number of hydrogen-bond donors (Lipinski definition) is 1. The molecule has 0 amide bonds. The van der Waals surface area contributed by atoms with Crippen LogP contribution in [-0.2, 0) is 4.74 Å². The number of rotatable bonds is 4. The molecule has 1 atom stereocenters. The van der Waals surface area contributed by atoms with Crippen LogP contribution >= 0.6 is 0 Å². The molecule has 112 valence electrons. The zero-order valence-corrected chi connectivity index (χ0v) is 13.1. The summed E-state index contributed by atoms with van der Waals surface area (Å²) in [5.74, 6) is 0. The summed E-state index contributed by atoms with van der Waals surface area (Å²) in [4.78, 5) is 2.52. The summed E-state index contributed by atoms with van der Waals surface area (Å²) in [7, 11) is 0. The molecule has 1 aliphatic rings. The fraction of sp³-hybridized carbons (Fsp3) is 0.647. The standard InChI is InChI=1S/C17H28N2O/c1-17(2,3)20-13-12-19-11-7-10-18-16(14-19)15-8-5-4-6-9-15/h4-6,8-9,16,18H,7,10-14H2,1-3H3. The van der Waals surface area contributed by atoms with Gasteiger partial charge < -0.3 is 10.1 Å². The van der Waals surface area contributed by atoms with E-state index >= 15 is 0 Å².